The lowest BCUT2D eigenvalue weighted by Crippen LogP contribution is -2.52. The van der Waals surface area contributed by atoms with Crippen molar-refractivity contribution in [2.24, 2.45) is 0 Å². The van der Waals surface area contributed by atoms with E-state index in [9.17, 15) is 14.0 Å². The third kappa shape index (κ3) is 3.11. The third-order valence-corrected chi connectivity index (χ3v) is 6.19. The Hall–Kier alpha value is -2.69. The topological polar surface area (TPSA) is 40.6 Å². The Kier molecular flexibility index (Phi) is 4.46. The molecule has 1 spiro atoms. The van der Waals surface area contributed by atoms with E-state index in [1.807, 2.05) is 16.8 Å². The fourth-order valence-corrected chi connectivity index (χ4v) is 4.32. The van der Waals surface area contributed by atoms with Gasteiger partial charge in [0.25, 0.3) is 5.91 Å². The maximum absolute atomic E-state index is 13.9. The van der Waals surface area contributed by atoms with Gasteiger partial charge in [0.1, 0.15) is 5.82 Å². The largest absolute Gasteiger partial charge is 0.340 e. The summed E-state index contributed by atoms with van der Waals surface area (Å²) in [5.41, 5.74) is 1.84. The SMILES string of the molecule is CN1C(=O)CCC12CCN(C(=O)c1ccc(-c3ccccc3F)cc1)CC2. The first kappa shape index (κ1) is 17.7. The summed E-state index contributed by atoms with van der Waals surface area (Å²) in [5, 5.41) is 0. The van der Waals surface area contributed by atoms with Crippen molar-refractivity contribution in [3.05, 3.63) is 59.9 Å². The van der Waals surface area contributed by atoms with E-state index < -0.39 is 0 Å². The minimum atomic E-state index is -0.270. The number of hydrogen-bond donors (Lipinski definition) is 0. The van der Waals surface area contributed by atoms with Crippen LogP contribution in [-0.4, -0.2) is 47.3 Å². The number of carbonyl (C=O) groups excluding carboxylic acids is 2. The standard InChI is InChI=1S/C22H23FN2O2/c1-24-20(26)10-11-22(24)12-14-25(15-13-22)21(27)17-8-6-16(7-9-17)18-4-2-3-5-19(18)23/h2-9H,10-15H2,1H3. The van der Waals surface area contributed by atoms with Crippen LogP contribution >= 0.6 is 0 Å². The van der Waals surface area contributed by atoms with E-state index in [0.29, 0.717) is 30.6 Å². The number of piperidine rings is 1. The number of amides is 2. The molecule has 0 N–H and O–H groups in total. The van der Waals surface area contributed by atoms with Crippen molar-refractivity contribution in [3.63, 3.8) is 0 Å². The van der Waals surface area contributed by atoms with Gasteiger partial charge in [0.15, 0.2) is 0 Å². The minimum absolute atomic E-state index is 0.00286. The zero-order chi connectivity index (χ0) is 19.0. The molecule has 2 aromatic rings. The molecule has 0 saturated carbocycles. The van der Waals surface area contributed by atoms with Gasteiger partial charge in [0, 0.05) is 43.2 Å². The van der Waals surface area contributed by atoms with E-state index in [2.05, 4.69) is 0 Å². The molecule has 0 atom stereocenters. The lowest BCUT2D eigenvalue weighted by molar-refractivity contribution is -0.130. The molecule has 2 amide bonds. The van der Waals surface area contributed by atoms with Crippen molar-refractivity contribution >= 4 is 11.8 Å². The van der Waals surface area contributed by atoms with Gasteiger partial charge in [0.05, 0.1) is 0 Å². The summed E-state index contributed by atoms with van der Waals surface area (Å²) in [6.45, 7) is 1.32. The molecule has 2 aromatic carbocycles. The van der Waals surface area contributed by atoms with Crippen LogP contribution in [0.15, 0.2) is 48.5 Å². The Balaban J connectivity index is 1.45. The van der Waals surface area contributed by atoms with Crippen LogP contribution < -0.4 is 0 Å². The summed E-state index contributed by atoms with van der Waals surface area (Å²) in [4.78, 5) is 28.5. The number of benzene rings is 2. The van der Waals surface area contributed by atoms with Gasteiger partial charge in [-0.2, -0.15) is 0 Å². The molecule has 2 aliphatic heterocycles. The number of carbonyl (C=O) groups is 2. The van der Waals surface area contributed by atoms with Gasteiger partial charge < -0.3 is 9.80 Å². The second-order valence-electron chi connectivity index (χ2n) is 7.53. The summed E-state index contributed by atoms with van der Waals surface area (Å²) in [5.74, 6) is -0.0662. The van der Waals surface area contributed by atoms with Crippen molar-refractivity contribution in [2.75, 3.05) is 20.1 Å². The predicted molar refractivity (Wildman–Crippen MR) is 102 cm³/mol. The average molecular weight is 366 g/mol. The average Bonchev–Trinajstić information content (AvgIpc) is 2.97. The lowest BCUT2D eigenvalue weighted by atomic mass is 9.85. The highest BCUT2D eigenvalue weighted by atomic mass is 19.1. The van der Waals surface area contributed by atoms with Gasteiger partial charge in [-0.1, -0.05) is 30.3 Å². The van der Waals surface area contributed by atoms with E-state index in [4.69, 9.17) is 0 Å². The number of nitrogens with zero attached hydrogens (tertiary/aromatic N) is 2. The Bertz CT molecular complexity index is 870. The molecule has 2 heterocycles. The smallest absolute Gasteiger partial charge is 0.253 e. The molecule has 0 aliphatic carbocycles. The summed E-state index contributed by atoms with van der Waals surface area (Å²) < 4.78 is 13.9. The van der Waals surface area contributed by atoms with Crippen molar-refractivity contribution in [3.8, 4) is 11.1 Å². The Morgan fingerprint density at radius 1 is 1.00 bits per heavy atom. The normalized spacial score (nSPS) is 19.0. The Morgan fingerprint density at radius 3 is 2.26 bits per heavy atom. The number of rotatable bonds is 2. The fraction of sp³-hybridized carbons (Fsp3) is 0.364. The third-order valence-electron chi connectivity index (χ3n) is 6.19. The first-order valence-electron chi connectivity index (χ1n) is 9.41. The molecule has 27 heavy (non-hydrogen) atoms. The van der Waals surface area contributed by atoms with Crippen LogP contribution in [0.3, 0.4) is 0 Å². The van der Waals surface area contributed by atoms with E-state index in [0.717, 1.165) is 24.8 Å². The second kappa shape index (κ2) is 6.80. The summed E-state index contributed by atoms with van der Waals surface area (Å²) in [6, 6.07) is 13.7. The van der Waals surface area contributed by atoms with Gasteiger partial charge in [-0.05, 0) is 43.0 Å². The van der Waals surface area contributed by atoms with Crippen molar-refractivity contribution in [2.45, 2.75) is 31.2 Å². The number of likely N-dealkylation sites (tertiary alicyclic amines) is 2. The van der Waals surface area contributed by atoms with E-state index >= 15 is 0 Å². The van der Waals surface area contributed by atoms with Crippen molar-refractivity contribution < 1.29 is 14.0 Å². The summed E-state index contributed by atoms with van der Waals surface area (Å²) >= 11 is 0. The van der Waals surface area contributed by atoms with Crippen molar-refractivity contribution in [1.29, 1.82) is 0 Å². The van der Waals surface area contributed by atoms with Crippen molar-refractivity contribution in [1.82, 2.24) is 9.80 Å². The molecule has 2 saturated heterocycles. The molecule has 0 bridgehead atoms. The highest BCUT2D eigenvalue weighted by Gasteiger charge is 2.45. The fourth-order valence-electron chi connectivity index (χ4n) is 4.32. The molecule has 2 aliphatic rings. The highest BCUT2D eigenvalue weighted by Crippen LogP contribution is 2.38. The molecular formula is C22H23FN2O2. The molecule has 2 fully saturated rings. The Labute approximate surface area is 158 Å². The van der Waals surface area contributed by atoms with E-state index in [1.54, 1.807) is 42.5 Å². The highest BCUT2D eigenvalue weighted by molar-refractivity contribution is 5.95. The quantitative estimate of drug-likeness (QED) is 0.813. The first-order chi connectivity index (χ1) is 13.0. The molecular weight excluding hydrogens is 343 g/mol. The Morgan fingerprint density at radius 2 is 1.67 bits per heavy atom. The minimum Gasteiger partial charge on any atom is -0.340 e. The van der Waals surface area contributed by atoms with E-state index in [-0.39, 0.29) is 23.2 Å². The maximum Gasteiger partial charge on any atom is 0.253 e. The molecule has 5 heteroatoms. The van der Waals surface area contributed by atoms with Gasteiger partial charge in [-0.15, -0.1) is 0 Å². The molecule has 0 radical (unpaired) electrons. The van der Waals surface area contributed by atoms with Crippen LogP contribution in [-0.2, 0) is 4.79 Å². The number of halogens is 1. The summed E-state index contributed by atoms with van der Waals surface area (Å²) in [6.07, 6.45) is 3.16. The molecule has 4 nitrogen and oxygen atoms in total. The summed E-state index contributed by atoms with van der Waals surface area (Å²) in [7, 11) is 1.88. The van der Waals surface area contributed by atoms with Gasteiger partial charge >= 0.3 is 0 Å². The van der Waals surface area contributed by atoms with Gasteiger partial charge in [0.2, 0.25) is 5.91 Å². The molecule has 4 rings (SSSR count). The van der Waals surface area contributed by atoms with Gasteiger partial charge in [-0.25, -0.2) is 4.39 Å². The number of hydrogen-bond acceptors (Lipinski definition) is 2. The molecule has 0 unspecified atom stereocenters. The van der Waals surface area contributed by atoms with Crippen LogP contribution in [0.25, 0.3) is 11.1 Å². The maximum atomic E-state index is 13.9. The zero-order valence-electron chi connectivity index (χ0n) is 15.5. The second-order valence-corrected chi connectivity index (χ2v) is 7.53. The zero-order valence-corrected chi connectivity index (χ0v) is 15.5. The van der Waals surface area contributed by atoms with Gasteiger partial charge in [-0.3, -0.25) is 9.59 Å². The van der Waals surface area contributed by atoms with Crippen LogP contribution in [0.5, 0.6) is 0 Å². The predicted octanol–water partition coefficient (Wildman–Crippen LogP) is 3.72. The van der Waals surface area contributed by atoms with Crippen LogP contribution in [0.1, 0.15) is 36.0 Å². The van der Waals surface area contributed by atoms with Crippen LogP contribution in [0.2, 0.25) is 0 Å². The molecule has 140 valence electrons. The van der Waals surface area contributed by atoms with Crippen LogP contribution in [0.4, 0.5) is 4.39 Å². The molecule has 0 aromatic heterocycles. The first-order valence-corrected chi connectivity index (χ1v) is 9.41. The van der Waals surface area contributed by atoms with Crippen LogP contribution in [0, 0.1) is 5.82 Å². The monoisotopic (exact) mass is 366 g/mol. The van der Waals surface area contributed by atoms with E-state index in [1.165, 1.54) is 6.07 Å². The lowest BCUT2D eigenvalue weighted by Gasteiger charge is -2.43.